The minimum Gasteiger partial charge on any atom is -0.436 e. The molecule has 6 nitrogen and oxygen atoms in total. The van der Waals surface area contributed by atoms with E-state index in [9.17, 15) is 0 Å². The topological polar surface area (TPSA) is 104 Å². The minimum absolute atomic E-state index is 0.127. The molecule has 3 aromatic rings. The summed E-state index contributed by atoms with van der Waals surface area (Å²) in [6.45, 7) is 0. The average molecular weight is 227 g/mol. The van der Waals surface area contributed by atoms with Crippen molar-refractivity contribution in [2.45, 2.75) is 0 Å². The van der Waals surface area contributed by atoms with Crippen molar-refractivity contribution < 1.29 is 4.42 Å². The number of nitrogen functional groups attached to an aromatic ring is 2. The van der Waals surface area contributed by atoms with Crippen LogP contribution in [0.1, 0.15) is 0 Å². The molecule has 0 atom stereocenters. The molecule has 2 aromatic heterocycles. The molecule has 0 aliphatic rings. The highest BCUT2D eigenvalue weighted by atomic mass is 16.3. The van der Waals surface area contributed by atoms with Crippen LogP contribution in [0.2, 0.25) is 0 Å². The van der Waals surface area contributed by atoms with E-state index in [4.69, 9.17) is 15.9 Å². The predicted octanol–water partition coefficient (Wildman–Crippen LogP) is 1.45. The zero-order valence-corrected chi connectivity index (χ0v) is 8.79. The van der Waals surface area contributed by atoms with Gasteiger partial charge in [-0.1, -0.05) is 12.1 Å². The number of fused-ring (bicyclic) bond motifs is 1. The van der Waals surface area contributed by atoms with E-state index in [2.05, 4.69) is 15.0 Å². The summed E-state index contributed by atoms with van der Waals surface area (Å²) >= 11 is 0. The highest BCUT2D eigenvalue weighted by molar-refractivity contribution is 5.78. The molecule has 1 aromatic carbocycles. The van der Waals surface area contributed by atoms with Crippen molar-refractivity contribution in [2.75, 3.05) is 11.5 Å². The molecule has 4 N–H and O–H groups in total. The largest absolute Gasteiger partial charge is 0.436 e. The summed E-state index contributed by atoms with van der Waals surface area (Å²) in [5, 5.41) is 0. The van der Waals surface area contributed by atoms with Crippen LogP contribution in [-0.4, -0.2) is 15.0 Å². The van der Waals surface area contributed by atoms with Gasteiger partial charge in [-0.15, -0.1) is 0 Å². The van der Waals surface area contributed by atoms with Crippen LogP contribution in [0.4, 0.5) is 11.8 Å². The second-order valence-corrected chi connectivity index (χ2v) is 3.51. The Bertz CT molecular complexity index is 658. The number of oxazole rings is 1. The maximum Gasteiger partial charge on any atom is 0.232 e. The lowest BCUT2D eigenvalue weighted by Gasteiger charge is -1.99. The molecule has 0 radical (unpaired) electrons. The number of benzene rings is 1. The van der Waals surface area contributed by atoms with Crippen LogP contribution in [-0.2, 0) is 0 Å². The Hall–Kier alpha value is -2.63. The molecular weight excluding hydrogens is 218 g/mol. The molecule has 0 saturated carbocycles. The van der Waals surface area contributed by atoms with Gasteiger partial charge in [0, 0.05) is 6.20 Å². The van der Waals surface area contributed by atoms with Gasteiger partial charge in [-0.05, 0) is 12.1 Å². The van der Waals surface area contributed by atoms with Gasteiger partial charge in [-0.2, -0.15) is 4.98 Å². The summed E-state index contributed by atoms with van der Waals surface area (Å²) in [5.74, 6) is 0.773. The Kier molecular flexibility index (Phi) is 1.94. The molecule has 0 aliphatic carbocycles. The van der Waals surface area contributed by atoms with E-state index in [-0.39, 0.29) is 11.8 Å². The molecule has 0 aliphatic heterocycles. The number of para-hydroxylation sites is 2. The maximum atomic E-state index is 5.74. The van der Waals surface area contributed by atoms with E-state index in [0.717, 1.165) is 5.52 Å². The third-order valence-corrected chi connectivity index (χ3v) is 2.36. The van der Waals surface area contributed by atoms with Crippen LogP contribution in [0.15, 0.2) is 34.9 Å². The molecule has 6 heteroatoms. The summed E-state index contributed by atoms with van der Waals surface area (Å²) in [5.41, 5.74) is 13.2. The summed E-state index contributed by atoms with van der Waals surface area (Å²) in [4.78, 5) is 12.0. The first-order chi connectivity index (χ1) is 8.24. The number of aromatic nitrogens is 3. The van der Waals surface area contributed by atoms with Crippen LogP contribution in [0.3, 0.4) is 0 Å². The Labute approximate surface area is 96.3 Å². The SMILES string of the molecule is Nc1ncc(-c2nc3ccccc3o2)c(N)n1. The molecular formula is C11H9N5O. The van der Waals surface area contributed by atoms with Crippen molar-refractivity contribution in [3.05, 3.63) is 30.5 Å². The van der Waals surface area contributed by atoms with Gasteiger partial charge in [0.1, 0.15) is 11.3 Å². The van der Waals surface area contributed by atoms with Gasteiger partial charge in [0.15, 0.2) is 5.58 Å². The zero-order chi connectivity index (χ0) is 11.8. The number of hydrogen-bond acceptors (Lipinski definition) is 6. The van der Waals surface area contributed by atoms with Crippen molar-refractivity contribution >= 4 is 22.9 Å². The molecule has 84 valence electrons. The summed E-state index contributed by atoms with van der Waals surface area (Å²) < 4.78 is 5.56. The fourth-order valence-corrected chi connectivity index (χ4v) is 1.56. The first-order valence-corrected chi connectivity index (χ1v) is 4.98. The molecule has 0 bridgehead atoms. The van der Waals surface area contributed by atoms with Crippen molar-refractivity contribution in [3.63, 3.8) is 0 Å². The summed E-state index contributed by atoms with van der Waals surface area (Å²) in [6, 6.07) is 7.45. The van der Waals surface area contributed by atoms with Crippen molar-refractivity contribution in [1.82, 2.24) is 15.0 Å². The van der Waals surface area contributed by atoms with Gasteiger partial charge in [-0.25, -0.2) is 9.97 Å². The second-order valence-electron chi connectivity index (χ2n) is 3.51. The molecule has 0 amide bonds. The summed E-state index contributed by atoms with van der Waals surface area (Å²) in [6.07, 6.45) is 1.50. The van der Waals surface area contributed by atoms with Crippen LogP contribution in [0.5, 0.6) is 0 Å². The molecule has 0 spiro atoms. The molecule has 17 heavy (non-hydrogen) atoms. The van der Waals surface area contributed by atoms with Crippen molar-refractivity contribution in [2.24, 2.45) is 0 Å². The molecule has 3 rings (SSSR count). The van der Waals surface area contributed by atoms with Crippen LogP contribution in [0, 0.1) is 0 Å². The van der Waals surface area contributed by atoms with E-state index in [1.54, 1.807) is 0 Å². The Morgan fingerprint density at radius 2 is 1.88 bits per heavy atom. The molecule has 0 fully saturated rings. The first-order valence-electron chi connectivity index (χ1n) is 4.98. The first kappa shape index (κ1) is 9.59. The van der Waals surface area contributed by atoms with Gasteiger partial charge in [0.2, 0.25) is 11.8 Å². The Morgan fingerprint density at radius 1 is 1.06 bits per heavy atom. The number of hydrogen-bond donors (Lipinski definition) is 2. The lowest BCUT2D eigenvalue weighted by molar-refractivity contribution is 0.619. The number of nitrogens with two attached hydrogens (primary N) is 2. The summed E-state index contributed by atoms with van der Waals surface area (Å²) in [7, 11) is 0. The van der Waals surface area contributed by atoms with E-state index in [1.807, 2.05) is 24.3 Å². The normalized spacial score (nSPS) is 10.8. The average Bonchev–Trinajstić information content (AvgIpc) is 2.72. The highest BCUT2D eigenvalue weighted by Gasteiger charge is 2.12. The van der Waals surface area contributed by atoms with E-state index in [1.165, 1.54) is 6.20 Å². The minimum atomic E-state index is 0.127. The standard InChI is InChI=1S/C11H9N5O/c12-9-6(5-14-11(13)16-9)10-15-7-3-1-2-4-8(7)17-10/h1-5H,(H4,12,13,14,16). The highest BCUT2D eigenvalue weighted by Crippen LogP contribution is 2.26. The monoisotopic (exact) mass is 227 g/mol. The van der Waals surface area contributed by atoms with Crippen LogP contribution < -0.4 is 11.5 Å². The Balaban J connectivity index is 2.20. The van der Waals surface area contributed by atoms with Crippen LogP contribution in [0.25, 0.3) is 22.6 Å². The van der Waals surface area contributed by atoms with E-state index < -0.39 is 0 Å². The quantitative estimate of drug-likeness (QED) is 0.652. The van der Waals surface area contributed by atoms with Gasteiger partial charge in [-0.3, -0.25) is 0 Å². The fraction of sp³-hybridized carbons (Fsp3) is 0. The third-order valence-electron chi connectivity index (χ3n) is 2.36. The molecule has 2 heterocycles. The Morgan fingerprint density at radius 3 is 2.65 bits per heavy atom. The van der Waals surface area contributed by atoms with Crippen molar-refractivity contribution in [1.29, 1.82) is 0 Å². The van der Waals surface area contributed by atoms with Gasteiger partial charge in [0.05, 0.1) is 5.56 Å². The second kappa shape index (κ2) is 3.44. The smallest absolute Gasteiger partial charge is 0.232 e. The fourth-order valence-electron chi connectivity index (χ4n) is 1.56. The maximum absolute atomic E-state index is 5.74. The lowest BCUT2D eigenvalue weighted by atomic mass is 10.3. The zero-order valence-electron chi connectivity index (χ0n) is 8.79. The number of anilines is 2. The van der Waals surface area contributed by atoms with Gasteiger partial charge >= 0.3 is 0 Å². The van der Waals surface area contributed by atoms with Crippen molar-refractivity contribution in [3.8, 4) is 11.5 Å². The van der Waals surface area contributed by atoms with Gasteiger partial charge < -0.3 is 15.9 Å². The van der Waals surface area contributed by atoms with E-state index in [0.29, 0.717) is 17.0 Å². The third kappa shape index (κ3) is 1.55. The predicted molar refractivity (Wildman–Crippen MR) is 63.9 cm³/mol. The van der Waals surface area contributed by atoms with E-state index >= 15 is 0 Å². The number of rotatable bonds is 1. The van der Waals surface area contributed by atoms with Crippen LogP contribution >= 0.6 is 0 Å². The lowest BCUT2D eigenvalue weighted by Crippen LogP contribution is -2.00. The molecule has 0 saturated heterocycles. The van der Waals surface area contributed by atoms with Gasteiger partial charge in [0.25, 0.3) is 0 Å². The molecule has 0 unspecified atom stereocenters. The number of nitrogens with zero attached hydrogens (tertiary/aromatic N) is 3.